The summed E-state index contributed by atoms with van der Waals surface area (Å²) < 4.78 is 0. The first-order valence-corrected chi connectivity index (χ1v) is 4.08. The molecule has 3 N–H and O–H groups in total. The fourth-order valence-electron chi connectivity index (χ4n) is 0.852. The lowest BCUT2D eigenvalue weighted by atomic mass is 10.2. The highest BCUT2D eigenvalue weighted by molar-refractivity contribution is 6.30. The van der Waals surface area contributed by atoms with Crippen LogP contribution in [0.5, 0.6) is 0 Å². The zero-order chi connectivity index (χ0) is 8.97. The molecular weight excluding hydrogens is 176 g/mol. The molecule has 1 aromatic heterocycles. The third kappa shape index (κ3) is 2.77. The number of aliphatic hydroxyl groups excluding tert-OH is 1. The number of hydrogen-bond acceptors (Lipinski definition) is 3. The molecule has 0 aromatic carbocycles. The van der Waals surface area contributed by atoms with Gasteiger partial charge in [-0.05, 0) is 12.1 Å². The van der Waals surface area contributed by atoms with E-state index in [1.54, 1.807) is 18.3 Å². The second-order valence-corrected chi connectivity index (χ2v) is 3.00. The van der Waals surface area contributed by atoms with Gasteiger partial charge in [-0.15, -0.1) is 0 Å². The molecule has 1 atom stereocenters. The zero-order valence-corrected chi connectivity index (χ0v) is 7.33. The number of nitrogens with two attached hydrogens (primary N) is 1. The standard InChI is InChI=1S/C8H11ClN2O/c9-6-1-2-7(11-5-6)3-8(12)4-10/h1-2,5,8,12H,3-4,10H2. The van der Waals surface area contributed by atoms with Crippen molar-refractivity contribution < 1.29 is 5.11 Å². The Morgan fingerprint density at radius 2 is 2.33 bits per heavy atom. The van der Waals surface area contributed by atoms with E-state index in [2.05, 4.69) is 4.98 Å². The van der Waals surface area contributed by atoms with Gasteiger partial charge in [0.05, 0.1) is 11.1 Å². The lowest BCUT2D eigenvalue weighted by Gasteiger charge is -2.05. The summed E-state index contributed by atoms with van der Waals surface area (Å²) in [6.45, 7) is 0.254. The van der Waals surface area contributed by atoms with Gasteiger partial charge >= 0.3 is 0 Å². The minimum Gasteiger partial charge on any atom is -0.391 e. The number of pyridine rings is 1. The minimum absolute atomic E-state index is 0.254. The highest BCUT2D eigenvalue weighted by Crippen LogP contribution is 2.07. The lowest BCUT2D eigenvalue weighted by Crippen LogP contribution is -2.22. The second kappa shape index (κ2) is 4.40. The molecular formula is C8H11ClN2O. The summed E-state index contributed by atoms with van der Waals surface area (Å²) in [5, 5.41) is 9.78. The topological polar surface area (TPSA) is 59.1 Å². The van der Waals surface area contributed by atoms with Crippen LogP contribution in [-0.4, -0.2) is 22.7 Å². The summed E-state index contributed by atoms with van der Waals surface area (Å²) in [4.78, 5) is 4.02. The van der Waals surface area contributed by atoms with Crippen molar-refractivity contribution in [1.82, 2.24) is 4.98 Å². The Morgan fingerprint density at radius 1 is 1.58 bits per heavy atom. The van der Waals surface area contributed by atoms with Crippen molar-refractivity contribution in [2.75, 3.05) is 6.54 Å². The molecule has 0 spiro atoms. The maximum absolute atomic E-state index is 9.18. The van der Waals surface area contributed by atoms with Crippen LogP contribution < -0.4 is 5.73 Å². The summed E-state index contributed by atoms with van der Waals surface area (Å²) in [6.07, 6.45) is 1.52. The summed E-state index contributed by atoms with van der Waals surface area (Å²) in [5.74, 6) is 0. The molecule has 1 rings (SSSR count). The van der Waals surface area contributed by atoms with E-state index in [9.17, 15) is 5.11 Å². The molecule has 1 heterocycles. The predicted molar refractivity (Wildman–Crippen MR) is 48.0 cm³/mol. The molecule has 3 nitrogen and oxygen atoms in total. The lowest BCUT2D eigenvalue weighted by molar-refractivity contribution is 0.182. The van der Waals surface area contributed by atoms with Crippen LogP contribution in [0.4, 0.5) is 0 Å². The number of aliphatic hydroxyl groups is 1. The van der Waals surface area contributed by atoms with E-state index >= 15 is 0 Å². The molecule has 1 unspecified atom stereocenters. The molecule has 0 bridgehead atoms. The van der Waals surface area contributed by atoms with Gasteiger partial charge in [-0.3, -0.25) is 4.98 Å². The average molecular weight is 187 g/mol. The zero-order valence-electron chi connectivity index (χ0n) is 6.57. The molecule has 4 heteroatoms. The molecule has 1 aromatic rings. The van der Waals surface area contributed by atoms with Crippen LogP contribution in [0.3, 0.4) is 0 Å². The van der Waals surface area contributed by atoms with E-state index in [0.717, 1.165) is 5.69 Å². The third-order valence-corrected chi connectivity index (χ3v) is 1.73. The summed E-state index contributed by atoms with van der Waals surface area (Å²) in [6, 6.07) is 3.52. The highest BCUT2D eigenvalue weighted by Gasteiger charge is 2.03. The molecule has 0 aliphatic heterocycles. The van der Waals surface area contributed by atoms with Gasteiger partial charge in [0.15, 0.2) is 0 Å². The van der Waals surface area contributed by atoms with Gasteiger partial charge in [-0.2, -0.15) is 0 Å². The van der Waals surface area contributed by atoms with E-state index in [1.807, 2.05) is 0 Å². The minimum atomic E-state index is -0.515. The van der Waals surface area contributed by atoms with Gasteiger partial charge < -0.3 is 10.8 Å². The van der Waals surface area contributed by atoms with E-state index in [-0.39, 0.29) is 6.54 Å². The van der Waals surface area contributed by atoms with Gasteiger partial charge in [-0.1, -0.05) is 11.6 Å². The van der Waals surface area contributed by atoms with Crippen molar-refractivity contribution in [2.24, 2.45) is 5.73 Å². The summed E-state index contributed by atoms with van der Waals surface area (Å²) in [7, 11) is 0. The van der Waals surface area contributed by atoms with E-state index < -0.39 is 6.10 Å². The molecule has 0 saturated carbocycles. The second-order valence-electron chi connectivity index (χ2n) is 2.56. The van der Waals surface area contributed by atoms with Crippen LogP contribution in [0.1, 0.15) is 5.69 Å². The Kier molecular flexibility index (Phi) is 3.47. The van der Waals surface area contributed by atoms with Crippen molar-refractivity contribution in [3.8, 4) is 0 Å². The van der Waals surface area contributed by atoms with Crippen molar-refractivity contribution in [3.05, 3.63) is 29.0 Å². The van der Waals surface area contributed by atoms with Crippen molar-refractivity contribution in [1.29, 1.82) is 0 Å². The maximum Gasteiger partial charge on any atom is 0.0717 e. The molecule has 12 heavy (non-hydrogen) atoms. The average Bonchev–Trinajstić information content (AvgIpc) is 2.09. The number of aromatic nitrogens is 1. The third-order valence-electron chi connectivity index (χ3n) is 1.51. The Hall–Kier alpha value is -0.640. The summed E-state index contributed by atoms with van der Waals surface area (Å²) >= 11 is 5.63. The Labute approximate surface area is 76.2 Å². The van der Waals surface area contributed by atoms with Crippen LogP contribution in [0.15, 0.2) is 18.3 Å². The molecule has 0 saturated heterocycles. The van der Waals surface area contributed by atoms with Crippen molar-refractivity contribution >= 4 is 11.6 Å². The van der Waals surface area contributed by atoms with Crippen LogP contribution >= 0.6 is 11.6 Å². The van der Waals surface area contributed by atoms with Crippen molar-refractivity contribution in [2.45, 2.75) is 12.5 Å². The fraction of sp³-hybridized carbons (Fsp3) is 0.375. The molecule has 0 radical (unpaired) electrons. The first kappa shape index (κ1) is 9.45. The maximum atomic E-state index is 9.18. The highest BCUT2D eigenvalue weighted by atomic mass is 35.5. The Bertz CT molecular complexity index is 237. The largest absolute Gasteiger partial charge is 0.391 e. The van der Waals surface area contributed by atoms with Gasteiger partial charge in [0.1, 0.15) is 0 Å². The summed E-state index contributed by atoms with van der Waals surface area (Å²) in [5.41, 5.74) is 6.05. The van der Waals surface area contributed by atoms with Gasteiger partial charge in [0, 0.05) is 24.9 Å². The number of hydrogen-bond donors (Lipinski definition) is 2. The quantitative estimate of drug-likeness (QED) is 0.727. The molecule has 0 amide bonds. The smallest absolute Gasteiger partial charge is 0.0717 e. The van der Waals surface area contributed by atoms with Crippen molar-refractivity contribution in [3.63, 3.8) is 0 Å². The molecule has 0 aliphatic rings. The van der Waals surface area contributed by atoms with E-state index in [1.165, 1.54) is 0 Å². The van der Waals surface area contributed by atoms with Crippen LogP contribution in [0.25, 0.3) is 0 Å². The number of halogens is 1. The van der Waals surface area contributed by atoms with Crippen LogP contribution in [0, 0.1) is 0 Å². The number of rotatable bonds is 3. The normalized spacial score (nSPS) is 12.9. The molecule has 0 aliphatic carbocycles. The van der Waals surface area contributed by atoms with Crippen LogP contribution in [0.2, 0.25) is 5.02 Å². The first-order chi connectivity index (χ1) is 5.72. The van der Waals surface area contributed by atoms with E-state index in [4.69, 9.17) is 17.3 Å². The molecule has 0 fully saturated rings. The monoisotopic (exact) mass is 186 g/mol. The Balaban J connectivity index is 2.58. The Morgan fingerprint density at radius 3 is 2.83 bits per heavy atom. The van der Waals surface area contributed by atoms with Gasteiger partial charge in [0.2, 0.25) is 0 Å². The fourth-order valence-corrected chi connectivity index (χ4v) is 0.964. The molecule has 66 valence electrons. The SMILES string of the molecule is NCC(O)Cc1ccc(Cl)cn1. The van der Waals surface area contributed by atoms with Crippen LogP contribution in [-0.2, 0) is 6.42 Å². The predicted octanol–water partition coefficient (Wildman–Crippen LogP) is 0.597. The van der Waals surface area contributed by atoms with Gasteiger partial charge in [-0.25, -0.2) is 0 Å². The van der Waals surface area contributed by atoms with E-state index in [0.29, 0.717) is 11.4 Å². The van der Waals surface area contributed by atoms with Gasteiger partial charge in [0.25, 0.3) is 0 Å². The first-order valence-electron chi connectivity index (χ1n) is 3.71. The number of nitrogens with zero attached hydrogens (tertiary/aromatic N) is 1.